The molecule has 0 radical (unpaired) electrons. The van der Waals surface area contributed by atoms with Gasteiger partial charge >= 0.3 is 0 Å². The van der Waals surface area contributed by atoms with Crippen molar-refractivity contribution in [2.45, 2.75) is 38.9 Å². The number of aliphatic hydroxyl groups is 1. The van der Waals surface area contributed by atoms with Crippen molar-refractivity contribution in [1.82, 2.24) is 0 Å². The molecule has 6 heteroatoms. The molecule has 1 aliphatic heterocycles. The number of rotatable bonds is 5. The first-order valence-electron chi connectivity index (χ1n) is 7.35. The van der Waals surface area contributed by atoms with Gasteiger partial charge in [-0.3, -0.25) is 15.1 Å². The van der Waals surface area contributed by atoms with Crippen LogP contribution >= 0.6 is 0 Å². The Kier molecular flexibility index (Phi) is 4.75. The smallest absolute Gasteiger partial charge is 0.253 e. The quantitative estimate of drug-likeness (QED) is 0.814. The number of nitrogens with one attached hydrogen (secondary N) is 1. The summed E-state index contributed by atoms with van der Waals surface area (Å²) in [6.07, 6.45) is 0. The second-order valence-electron chi connectivity index (χ2n) is 6.42. The number of carbonyl (C=O) groups excluding carboxylic acids is 1. The summed E-state index contributed by atoms with van der Waals surface area (Å²) in [5.41, 5.74) is 2.59. The van der Waals surface area contributed by atoms with Crippen molar-refractivity contribution in [3.63, 3.8) is 0 Å². The van der Waals surface area contributed by atoms with Crippen LogP contribution in [0.5, 0.6) is 0 Å². The topological polar surface area (TPSA) is 71.0 Å². The molecule has 0 atom stereocenters. The minimum absolute atomic E-state index is 0.0545. The average Bonchev–Trinajstić information content (AvgIpc) is 2.45. The third-order valence-electron chi connectivity index (χ3n) is 4.04. The summed E-state index contributed by atoms with van der Waals surface area (Å²) in [4.78, 5) is 19.2. The molecule has 22 heavy (non-hydrogen) atoms. The Morgan fingerprint density at radius 2 is 2.05 bits per heavy atom. The molecule has 1 aliphatic rings. The van der Waals surface area contributed by atoms with E-state index in [2.05, 4.69) is 5.48 Å². The lowest BCUT2D eigenvalue weighted by molar-refractivity contribution is -0.130. The van der Waals surface area contributed by atoms with Crippen LogP contribution in [-0.4, -0.2) is 42.0 Å². The standard InChI is InChI=1S/C16H24N2O4/c1-15(2,20)16(3,4)22-17-12-6-5-7-13(10-12)18-8-9-21-11-14(18)19/h5-7,10,17,20H,8-9,11H2,1-4H3. The number of hydrogen-bond donors (Lipinski definition) is 2. The number of hydrogen-bond acceptors (Lipinski definition) is 5. The number of amides is 1. The first-order valence-corrected chi connectivity index (χ1v) is 7.35. The van der Waals surface area contributed by atoms with E-state index in [0.717, 1.165) is 5.69 Å². The predicted octanol–water partition coefficient (Wildman–Crippen LogP) is 1.94. The lowest BCUT2D eigenvalue weighted by atomic mass is 9.90. The van der Waals surface area contributed by atoms with E-state index in [4.69, 9.17) is 9.57 Å². The van der Waals surface area contributed by atoms with E-state index in [9.17, 15) is 9.90 Å². The van der Waals surface area contributed by atoms with Gasteiger partial charge in [-0.05, 0) is 45.9 Å². The predicted molar refractivity (Wildman–Crippen MR) is 84.7 cm³/mol. The van der Waals surface area contributed by atoms with E-state index in [1.807, 2.05) is 24.3 Å². The molecule has 0 spiro atoms. The maximum absolute atomic E-state index is 11.9. The van der Waals surface area contributed by atoms with Gasteiger partial charge in [0.05, 0.1) is 17.9 Å². The third kappa shape index (κ3) is 3.76. The molecule has 6 nitrogen and oxygen atoms in total. The average molecular weight is 308 g/mol. The molecule has 0 unspecified atom stereocenters. The van der Waals surface area contributed by atoms with E-state index in [0.29, 0.717) is 18.8 Å². The third-order valence-corrected chi connectivity index (χ3v) is 4.04. The number of ether oxygens (including phenoxy) is 1. The molecule has 0 saturated carbocycles. The van der Waals surface area contributed by atoms with Gasteiger partial charge in [0, 0.05) is 12.2 Å². The minimum atomic E-state index is -1.00. The normalized spacial score (nSPS) is 16.8. The fraction of sp³-hybridized carbons (Fsp3) is 0.562. The van der Waals surface area contributed by atoms with E-state index < -0.39 is 11.2 Å². The summed E-state index contributed by atoms with van der Waals surface area (Å²) in [5, 5.41) is 10.1. The second kappa shape index (κ2) is 6.24. The van der Waals surface area contributed by atoms with Crippen LogP contribution in [0, 0.1) is 0 Å². The molecule has 0 aromatic heterocycles. The van der Waals surface area contributed by atoms with Gasteiger partial charge in [-0.25, -0.2) is 0 Å². The molecular formula is C16H24N2O4. The maximum Gasteiger partial charge on any atom is 0.253 e. The van der Waals surface area contributed by atoms with Crippen molar-refractivity contribution in [3.05, 3.63) is 24.3 Å². The molecule has 2 rings (SSSR count). The van der Waals surface area contributed by atoms with Crippen molar-refractivity contribution in [1.29, 1.82) is 0 Å². The van der Waals surface area contributed by atoms with Gasteiger partial charge in [-0.1, -0.05) is 6.07 Å². The van der Waals surface area contributed by atoms with Crippen molar-refractivity contribution >= 4 is 17.3 Å². The van der Waals surface area contributed by atoms with Crippen LogP contribution in [0.2, 0.25) is 0 Å². The van der Waals surface area contributed by atoms with Crippen LogP contribution in [0.15, 0.2) is 24.3 Å². The molecule has 1 aromatic rings. The zero-order valence-electron chi connectivity index (χ0n) is 13.5. The van der Waals surface area contributed by atoms with E-state index in [1.54, 1.807) is 32.6 Å². The van der Waals surface area contributed by atoms with Gasteiger partial charge in [-0.15, -0.1) is 0 Å². The Balaban J connectivity index is 2.07. The summed E-state index contributed by atoms with van der Waals surface area (Å²) in [6.45, 7) is 8.17. The molecule has 1 fully saturated rings. The molecule has 122 valence electrons. The van der Waals surface area contributed by atoms with Crippen molar-refractivity contribution in [3.8, 4) is 0 Å². The molecule has 1 saturated heterocycles. The van der Waals surface area contributed by atoms with Gasteiger partial charge in [-0.2, -0.15) is 0 Å². The summed E-state index contributed by atoms with van der Waals surface area (Å²) in [6, 6.07) is 7.40. The summed E-state index contributed by atoms with van der Waals surface area (Å²) in [5.74, 6) is -0.0545. The fourth-order valence-corrected chi connectivity index (χ4v) is 1.84. The molecule has 1 aromatic carbocycles. The van der Waals surface area contributed by atoms with Gasteiger partial charge in [0.2, 0.25) is 0 Å². The van der Waals surface area contributed by atoms with Crippen molar-refractivity contribution in [2.24, 2.45) is 0 Å². The Bertz CT molecular complexity index is 537. The van der Waals surface area contributed by atoms with Gasteiger partial charge in [0.25, 0.3) is 5.91 Å². The Hall–Kier alpha value is -1.63. The summed E-state index contributed by atoms with van der Waals surface area (Å²) in [7, 11) is 0. The van der Waals surface area contributed by atoms with E-state index >= 15 is 0 Å². The molecule has 1 amide bonds. The Labute approximate surface area is 131 Å². The molecule has 0 bridgehead atoms. The minimum Gasteiger partial charge on any atom is -0.387 e. The molecular weight excluding hydrogens is 284 g/mol. The SMILES string of the molecule is CC(C)(O)C(C)(C)ONc1cccc(N2CCOCC2=O)c1. The largest absolute Gasteiger partial charge is 0.387 e. The van der Waals surface area contributed by atoms with Crippen LogP contribution < -0.4 is 10.4 Å². The van der Waals surface area contributed by atoms with Crippen LogP contribution in [0.4, 0.5) is 11.4 Å². The van der Waals surface area contributed by atoms with E-state index in [1.165, 1.54) is 0 Å². The van der Waals surface area contributed by atoms with Crippen LogP contribution in [-0.2, 0) is 14.4 Å². The fourth-order valence-electron chi connectivity index (χ4n) is 1.84. The number of carbonyl (C=O) groups is 1. The Morgan fingerprint density at radius 3 is 2.68 bits per heavy atom. The monoisotopic (exact) mass is 308 g/mol. The second-order valence-corrected chi connectivity index (χ2v) is 6.42. The summed E-state index contributed by atoms with van der Waals surface area (Å²) >= 11 is 0. The van der Waals surface area contributed by atoms with Gasteiger partial charge < -0.3 is 14.7 Å². The summed E-state index contributed by atoms with van der Waals surface area (Å²) < 4.78 is 5.13. The van der Waals surface area contributed by atoms with Crippen molar-refractivity contribution < 1.29 is 19.5 Å². The number of benzene rings is 1. The van der Waals surface area contributed by atoms with Crippen LogP contribution in [0.1, 0.15) is 27.7 Å². The van der Waals surface area contributed by atoms with E-state index in [-0.39, 0.29) is 12.5 Å². The maximum atomic E-state index is 11.9. The lowest BCUT2D eigenvalue weighted by Gasteiger charge is -2.36. The first kappa shape index (κ1) is 16.7. The zero-order valence-corrected chi connectivity index (χ0v) is 13.5. The number of morpholine rings is 1. The van der Waals surface area contributed by atoms with Crippen LogP contribution in [0.25, 0.3) is 0 Å². The highest BCUT2D eigenvalue weighted by Gasteiger charge is 2.37. The van der Waals surface area contributed by atoms with Crippen molar-refractivity contribution in [2.75, 3.05) is 30.1 Å². The number of nitrogens with zero attached hydrogens (tertiary/aromatic N) is 1. The lowest BCUT2D eigenvalue weighted by Crippen LogP contribution is -2.48. The first-order chi connectivity index (χ1) is 10.2. The highest BCUT2D eigenvalue weighted by Crippen LogP contribution is 2.27. The highest BCUT2D eigenvalue weighted by molar-refractivity contribution is 5.95. The van der Waals surface area contributed by atoms with Gasteiger partial charge in [0.1, 0.15) is 12.2 Å². The van der Waals surface area contributed by atoms with Gasteiger partial charge in [0.15, 0.2) is 0 Å². The molecule has 2 N–H and O–H groups in total. The zero-order chi connectivity index (χ0) is 16.4. The molecule has 1 heterocycles. The molecule has 0 aliphatic carbocycles. The van der Waals surface area contributed by atoms with Crippen LogP contribution in [0.3, 0.4) is 0 Å². The Morgan fingerprint density at radius 1 is 1.32 bits per heavy atom. The number of anilines is 2. The highest BCUT2D eigenvalue weighted by atomic mass is 16.7.